The van der Waals surface area contributed by atoms with Gasteiger partial charge in [0.25, 0.3) is 0 Å². The molecule has 2 saturated heterocycles. The van der Waals surface area contributed by atoms with Crippen LogP contribution in [-0.4, -0.2) is 94.3 Å². The second-order valence-corrected chi connectivity index (χ2v) is 10.5. The molecule has 4 rings (SSSR count). The second-order valence-electron chi connectivity index (χ2n) is 10.5. The predicted molar refractivity (Wildman–Crippen MR) is 150 cm³/mol. The molecular formula is C30H44N4O4. The zero-order valence-corrected chi connectivity index (χ0v) is 23.4. The first-order chi connectivity index (χ1) is 18.5. The molecule has 2 aliphatic heterocycles. The minimum Gasteiger partial charge on any atom is -0.493 e. The second kappa shape index (κ2) is 13.8. The van der Waals surface area contributed by atoms with Crippen molar-refractivity contribution in [3.8, 4) is 17.2 Å². The van der Waals surface area contributed by atoms with Gasteiger partial charge in [0.1, 0.15) is 0 Å². The van der Waals surface area contributed by atoms with Crippen molar-refractivity contribution < 1.29 is 19.0 Å². The number of rotatable bonds is 11. The van der Waals surface area contributed by atoms with Crippen molar-refractivity contribution in [2.75, 3.05) is 67.6 Å². The fourth-order valence-corrected chi connectivity index (χ4v) is 5.84. The van der Waals surface area contributed by atoms with Crippen LogP contribution in [0.5, 0.6) is 17.2 Å². The van der Waals surface area contributed by atoms with Gasteiger partial charge < -0.3 is 24.4 Å². The molecule has 0 spiro atoms. The summed E-state index contributed by atoms with van der Waals surface area (Å²) in [4.78, 5) is 20.6. The third kappa shape index (κ3) is 7.40. The summed E-state index contributed by atoms with van der Waals surface area (Å²) in [5.41, 5.74) is 2.27. The molecule has 2 aromatic rings. The number of hydrogen-bond acceptors (Lipinski definition) is 7. The number of ether oxygens (including phenoxy) is 3. The zero-order valence-electron chi connectivity index (χ0n) is 23.4. The molecule has 208 valence electrons. The van der Waals surface area contributed by atoms with Crippen molar-refractivity contribution in [2.24, 2.45) is 5.92 Å². The van der Waals surface area contributed by atoms with E-state index in [1.165, 1.54) is 5.56 Å². The Balaban J connectivity index is 1.36. The molecule has 0 saturated carbocycles. The van der Waals surface area contributed by atoms with Gasteiger partial charge in [-0.1, -0.05) is 30.3 Å². The Kier molecular flexibility index (Phi) is 10.3. The molecule has 1 amide bonds. The molecule has 2 aliphatic rings. The molecule has 38 heavy (non-hydrogen) atoms. The maximum absolute atomic E-state index is 13.0. The molecule has 0 aromatic heterocycles. The maximum atomic E-state index is 13.0. The first kappa shape index (κ1) is 28.2. The summed E-state index contributed by atoms with van der Waals surface area (Å²) >= 11 is 0. The van der Waals surface area contributed by atoms with Gasteiger partial charge in [0.15, 0.2) is 11.5 Å². The van der Waals surface area contributed by atoms with Gasteiger partial charge in [0.2, 0.25) is 11.7 Å². The largest absolute Gasteiger partial charge is 0.493 e. The topological polar surface area (TPSA) is 66.5 Å². The summed E-state index contributed by atoms with van der Waals surface area (Å²) in [5, 5.41) is 3.11. The molecule has 2 aromatic carbocycles. The molecule has 2 atom stereocenters. The average molecular weight is 525 g/mol. The lowest BCUT2D eigenvalue weighted by atomic mass is 9.86. The van der Waals surface area contributed by atoms with Crippen molar-refractivity contribution in [3.63, 3.8) is 0 Å². The van der Waals surface area contributed by atoms with E-state index in [1.54, 1.807) is 21.3 Å². The van der Waals surface area contributed by atoms with Crippen molar-refractivity contribution in [3.05, 3.63) is 53.6 Å². The Bertz CT molecular complexity index is 1000. The monoisotopic (exact) mass is 524 g/mol. The molecular weight excluding hydrogens is 480 g/mol. The molecule has 2 heterocycles. The highest BCUT2D eigenvalue weighted by atomic mass is 16.5. The summed E-state index contributed by atoms with van der Waals surface area (Å²) in [6.45, 7) is 8.00. The van der Waals surface area contributed by atoms with Crippen molar-refractivity contribution in [1.82, 2.24) is 20.0 Å². The van der Waals surface area contributed by atoms with Crippen molar-refractivity contribution in [1.29, 1.82) is 0 Å². The number of amides is 1. The molecule has 8 nitrogen and oxygen atoms in total. The number of benzene rings is 2. The molecule has 0 unspecified atom stereocenters. The van der Waals surface area contributed by atoms with E-state index in [1.807, 2.05) is 12.1 Å². The highest BCUT2D eigenvalue weighted by Gasteiger charge is 2.34. The van der Waals surface area contributed by atoms with Crippen molar-refractivity contribution in [2.45, 2.75) is 38.4 Å². The Labute approximate surface area is 227 Å². The number of piperidine rings is 1. The Hall–Kier alpha value is -2.81. The minimum absolute atomic E-state index is 0.0797. The smallest absolute Gasteiger partial charge is 0.220 e. The molecule has 1 N–H and O–H groups in total. The average Bonchev–Trinajstić information content (AvgIpc) is 2.95. The summed E-state index contributed by atoms with van der Waals surface area (Å²) in [7, 11) is 6.99. The van der Waals surface area contributed by atoms with Crippen LogP contribution in [0.4, 0.5) is 0 Å². The number of methoxy groups -OCH3 is 3. The standard InChI is InChI=1S/C30H44N4O4/c1-32-14-16-34(17-15-32)26-12-13-33(21-23-8-6-5-7-9-23)22-25(26)10-11-29(35)31-20-24-18-27(36-2)30(38-4)28(19-24)37-3/h5-9,18-19,25-26H,10-17,20-22H2,1-4H3,(H,31,35)/t25-,26+/m0/s1. The lowest BCUT2D eigenvalue weighted by Crippen LogP contribution is -2.56. The fourth-order valence-electron chi connectivity index (χ4n) is 5.84. The van der Waals surface area contributed by atoms with Gasteiger partial charge in [-0.3, -0.25) is 14.6 Å². The lowest BCUT2D eigenvalue weighted by molar-refractivity contribution is -0.121. The van der Waals surface area contributed by atoms with Crippen LogP contribution < -0.4 is 19.5 Å². The minimum atomic E-state index is 0.0797. The summed E-state index contributed by atoms with van der Waals surface area (Å²) < 4.78 is 16.3. The third-order valence-corrected chi connectivity index (χ3v) is 7.99. The lowest BCUT2D eigenvalue weighted by Gasteiger charge is -2.46. The number of likely N-dealkylation sites (N-methyl/N-ethyl adjacent to an activating group) is 1. The first-order valence-electron chi connectivity index (χ1n) is 13.7. The van der Waals surface area contributed by atoms with E-state index < -0.39 is 0 Å². The van der Waals surface area contributed by atoms with Gasteiger partial charge in [-0.2, -0.15) is 0 Å². The Morgan fingerprint density at radius 3 is 2.24 bits per heavy atom. The number of nitrogens with one attached hydrogen (secondary N) is 1. The van der Waals surface area contributed by atoms with Crippen LogP contribution in [0, 0.1) is 5.92 Å². The number of likely N-dealkylation sites (tertiary alicyclic amines) is 1. The maximum Gasteiger partial charge on any atom is 0.220 e. The molecule has 8 heteroatoms. The van der Waals surface area contributed by atoms with Crippen LogP contribution >= 0.6 is 0 Å². The van der Waals surface area contributed by atoms with Crippen LogP contribution in [0.3, 0.4) is 0 Å². The van der Waals surface area contributed by atoms with Gasteiger partial charge in [-0.25, -0.2) is 0 Å². The molecule has 0 aliphatic carbocycles. The summed E-state index contributed by atoms with van der Waals surface area (Å²) in [5.74, 6) is 2.29. The van der Waals surface area contributed by atoms with E-state index in [-0.39, 0.29) is 5.91 Å². The number of hydrogen-bond donors (Lipinski definition) is 1. The predicted octanol–water partition coefficient (Wildman–Crippen LogP) is 3.25. The Morgan fingerprint density at radius 1 is 0.921 bits per heavy atom. The van der Waals surface area contributed by atoms with Gasteiger partial charge in [0.05, 0.1) is 21.3 Å². The van der Waals surface area contributed by atoms with E-state index in [0.717, 1.165) is 64.2 Å². The third-order valence-electron chi connectivity index (χ3n) is 7.99. The van der Waals surface area contributed by atoms with Crippen LogP contribution in [0.1, 0.15) is 30.4 Å². The van der Waals surface area contributed by atoms with Crippen molar-refractivity contribution >= 4 is 5.91 Å². The number of carbonyl (C=O) groups excluding carboxylic acids is 1. The number of piperazine rings is 1. The van der Waals surface area contributed by atoms with E-state index in [2.05, 4.69) is 57.4 Å². The summed E-state index contributed by atoms with van der Waals surface area (Å²) in [6, 6.07) is 15.0. The van der Waals surface area contributed by atoms with E-state index in [9.17, 15) is 4.79 Å². The number of nitrogens with zero attached hydrogens (tertiary/aromatic N) is 3. The van der Waals surface area contributed by atoms with E-state index in [0.29, 0.717) is 42.2 Å². The van der Waals surface area contributed by atoms with Crippen LogP contribution in [-0.2, 0) is 17.9 Å². The quantitative estimate of drug-likeness (QED) is 0.484. The SMILES string of the molecule is COc1cc(CNC(=O)CC[C@H]2CN(Cc3ccccc3)CC[C@H]2N2CCN(C)CC2)cc(OC)c1OC. The summed E-state index contributed by atoms with van der Waals surface area (Å²) in [6.07, 6.45) is 2.58. The number of carbonyl (C=O) groups is 1. The van der Waals surface area contributed by atoms with Gasteiger partial charge >= 0.3 is 0 Å². The first-order valence-corrected chi connectivity index (χ1v) is 13.7. The molecule has 2 fully saturated rings. The van der Waals surface area contributed by atoms with E-state index >= 15 is 0 Å². The normalized spacial score (nSPS) is 21.2. The molecule has 0 bridgehead atoms. The van der Waals surface area contributed by atoms with Crippen LogP contribution in [0.15, 0.2) is 42.5 Å². The zero-order chi connectivity index (χ0) is 26.9. The van der Waals surface area contributed by atoms with E-state index in [4.69, 9.17) is 14.2 Å². The fraction of sp³-hybridized carbons (Fsp3) is 0.567. The highest BCUT2D eigenvalue weighted by molar-refractivity contribution is 5.76. The van der Waals surface area contributed by atoms with Gasteiger partial charge in [-0.15, -0.1) is 0 Å². The van der Waals surface area contributed by atoms with Gasteiger partial charge in [0, 0.05) is 58.3 Å². The Morgan fingerprint density at radius 2 is 1.61 bits per heavy atom. The molecule has 0 radical (unpaired) electrons. The van der Waals surface area contributed by atoms with Gasteiger partial charge in [-0.05, 0) is 55.6 Å². The highest BCUT2D eigenvalue weighted by Crippen LogP contribution is 2.38. The van der Waals surface area contributed by atoms with Crippen LogP contribution in [0.25, 0.3) is 0 Å². The van der Waals surface area contributed by atoms with Crippen LogP contribution in [0.2, 0.25) is 0 Å².